The predicted octanol–water partition coefficient (Wildman–Crippen LogP) is 1.13. The minimum absolute atomic E-state index is 0.0842. The number of nitrogens with zero attached hydrogens (tertiary/aromatic N) is 1. The van der Waals surface area contributed by atoms with Gasteiger partial charge in [0.25, 0.3) is 0 Å². The number of urea groups is 1. The molecule has 2 amide bonds. The molecule has 1 aliphatic rings. The first-order valence-electron chi connectivity index (χ1n) is 7.39. The summed E-state index contributed by atoms with van der Waals surface area (Å²) in [6.07, 6.45) is 2.97. The van der Waals surface area contributed by atoms with Crippen LogP contribution in [0, 0.1) is 11.8 Å². The average molecular weight is 285 g/mol. The fourth-order valence-corrected chi connectivity index (χ4v) is 2.55. The fraction of sp³-hybridized carbons (Fsp3) is 0.857. The first-order chi connectivity index (χ1) is 9.43. The molecule has 1 fully saturated rings. The van der Waals surface area contributed by atoms with Crippen molar-refractivity contribution in [3.8, 4) is 0 Å². The number of amides is 2. The Kier molecular flexibility index (Phi) is 6.78. The lowest BCUT2D eigenvalue weighted by atomic mass is 9.98. The number of hydrogen-bond donors (Lipinski definition) is 3. The van der Waals surface area contributed by atoms with Crippen LogP contribution in [-0.2, 0) is 4.79 Å². The lowest BCUT2D eigenvalue weighted by Gasteiger charge is -2.30. The first kappa shape index (κ1) is 16.8. The number of carboxylic acids is 1. The van der Waals surface area contributed by atoms with Crippen molar-refractivity contribution in [2.45, 2.75) is 39.2 Å². The second kappa shape index (κ2) is 8.09. The number of piperidine rings is 1. The Bertz CT molecular complexity index is 336. The molecule has 0 aromatic carbocycles. The highest BCUT2D eigenvalue weighted by atomic mass is 16.4. The Morgan fingerprint density at radius 1 is 1.45 bits per heavy atom. The third kappa shape index (κ3) is 5.36. The van der Waals surface area contributed by atoms with E-state index in [1.54, 1.807) is 0 Å². The summed E-state index contributed by atoms with van der Waals surface area (Å²) in [6.45, 7) is 6.43. The van der Waals surface area contributed by atoms with Crippen LogP contribution >= 0.6 is 0 Å². The van der Waals surface area contributed by atoms with E-state index in [4.69, 9.17) is 5.11 Å². The smallest absolute Gasteiger partial charge is 0.326 e. The summed E-state index contributed by atoms with van der Waals surface area (Å²) in [5.41, 5.74) is 0. The zero-order valence-electron chi connectivity index (χ0n) is 12.7. The Morgan fingerprint density at radius 3 is 2.70 bits per heavy atom. The molecule has 0 bridgehead atoms. The van der Waals surface area contributed by atoms with Crippen molar-refractivity contribution in [1.82, 2.24) is 15.5 Å². The number of carbonyl (C=O) groups excluding carboxylic acids is 1. The van der Waals surface area contributed by atoms with Crippen molar-refractivity contribution in [3.63, 3.8) is 0 Å². The van der Waals surface area contributed by atoms with Crippen LogP contribution in [0.2, 0.25) is 0 Å². The van der Waals surface area contributed by atoms with Gasteiger partial charge in [-0.05, 0) is 38.3 Å². The summed E-state index contributed by atoms with van der Waals surface area (Å²) in [5.74, 6) is -0.614. The molecule has 6 heteroatoms. The Balaban J connectivity index is 2.36. The van der Waals surface area contributed by atoms with Gasteiger partial charge in [0, 0.05) is 13.1 Å². The van der Waals surface area contributed by atoms with Crippen LogP contribution in [-0.4, -0.2) is 54.7 Å². The normalized spacial score (nSPS) is 22.9. The number of carboxylic acid groups (broad SMARTS) is 1. The summed E-state index contributed by atoms with van der Waals surface area (Å²) >= 11 is 0. The van der Waals surface area contributed by atoms with Crippen LogP contribution in [0.5, 0.6) is 0 Å². The maximum atomic E-state index is 11.8. The minimum Gasteiger partial charge on any atom is -0.480 e. The molecule has 116 valence electrons. The Morgan fingerprint density at radius 2 is 2.15 bits per heavy atom. The lowest BCUT2D eigenvalue weighted by Crippen LogP contribution is -2.50. The van der Waals surface area contributed by atoms with Gasteiger partial charge in [-0.1, -0.05) is 20.3 Å². The molecule has 0 spiro atoms. The highest BCUT2D eigenvalue weighted by molar-refractivity contribution is 5.82. The van der Waals surface area contributed by atoms with E-state index < -0.39 is 12.0 Å². The third-order valence-electron chi connectivity index (χ3n) is 4.04. The Labute approximate surface area is 120 Å². The van der Waals surface area contributed by atoms with Gasteiger partial charge >= 0.3 is 12.0 Å². The molecule has 0 aliphatic carbocycles. The number of likely N-dealkylation sites (tertiary alicyclic amines) is 1. The molecule has 20 heavy (non-hydrogen) atoms. The van der Waals surface area contributed by atoms with Crippen LogP contribution < -0.4 is 10.6 Å². The van der Waals surface area contributed by atoms with Gasteiger partial charge in [0.2, 0.25) is 0 Å². The van der Waals surface area contributed by atoms with E-state index in [2.05, 4.69) is 22.6 Å². The number of hydrogen-bond acceptors (Lipinski definition) is 3. The molecule has 1 aliphatic heterocycles. The Hall–Kier alpha value is -1.30. The second-order valence-electron chi connectivity index (χ2n) is 5.83. The van der Waals surface area contributed by atoms with Crippen molar-refractivity contribution >= 4 is 12.0 Å². The zero-order valence-corrected chi connectivity index (χ0v) is 12.7. The van der Waals surface area contributed by atoms with Crippen LogP contribution in [0.25, 0.3) is 0 Å². The maximum absolute atomic E-state index is 11.8. The van der Waals surface area contributed by atoms with Crippen molar-refractivity contribution in [3.05, 3.63) is 0 Å². The molecule has 1 unspecified atom stereocenters. The number of aliphatic carboxylic acids is 1. The van der Waals surface area contributed by atoms with Crippen molar-refractivity contribution in [2.24, 2.45) is 11.8 Å². The fourth-order valence-electron chi connectivity index (χ4n) is 2.55. The highest BCUT2D eigenvalue weighted by Crippen LogP contribution is 2.14. The van der Waals surface area contributed by atoms with Gasteiger partial charge in [0.05, 0.1) is 0 Å². The molecule has 3 N–H and O–H groups in total. The molecular weight excluding hydrogens is 258 g/mol. The predicted molar refractivity (Wildman–Crippen MR) is 77.6 cm³/mol. The highest BCUT2D eigenvalue weighted by Gasteiger charge is 2.25. The van der Waals surface area contributed by atoms with Crippen LogP contribution in [0.1, 0.15) is 33.1 Å². The molecule has 1 rings (SSSR count). The maximum Gasteiger partial charge on any atom is 0.326 e. The van der Waals surface area contributed by atoms with Crippen LogP contribution in [0.3, 0.4) is 0 Å². The van der Waals surface area contributed by atoms with E-state index in [-0.39, 0.29) is 11.9 Å². The zero-order chi connectivity index (χ0) is 15.1. The van der Waals surface area contributed by atoms with E-state index >= 15 is 0 Å². The summed E-state index contributed by atoms with van der Waals surface area (Å²) in [6, 6.07) is -1.21. The van der Waals surface area contributed by atoms with Crippen molar-refractivity contribution in [1.29, 1.82) is 0 Å². The molecule has 0 saturated carbocycles. The minimum atomic E-state index is -0.980. The molecule has 1 saturated heterocycles. The van der Waals surface area contributed by atoms with Crippen molar-refractivity contribution < 1.29 is 14.7 Å². The van der Waals surface area contributed by atoms with E-state index in [1.165, 1.54) is 0 Å². The van der Waals surface area contributed by atoms with E-state index in [0.717, 1.165) is 25.9 Å². The van der Waals surface area contributed by atoms with E-state index in [9.17, 15) is 9.59 Å². The molecule has 1 heterocycles. The number of nitrogens with one attached hydrogen (secondary N) is 2. The van der Waals surface area contributed by atoms with Gasteiger partial charge < -0.3 is 20.6 Å². The quantitative estimate of drug-likeness (QED) is 0.683. The van der Waals surface area contributed by atoms with Crippen LogP contribution in [0.4, 0.5) is 4.79 Å². The monoisotopic (exact) mass is 285 g/mol. The summed E-state index contributed by atoms with van der Waals surface area (Å²) in [4.78, 5) is 25.2. The van der Waals surface area contributed by atoms with Crippen molar-refractivity contribution in [2.75, 3.05) is 26.7 Å². The summed E-state index contributed by atoms with van der Waals surface area (Å²) < 4.78 is 0. The van der Waals surface area contributed by atoms with Gasteiger partial charge in [0.15, 0.2) is 0 Å². The number of carbonyl (C=O) groups is 2. The van der Waals surface area contributed by atoms with Gasteiger partial charge in [0.1, 0.15) is 6.04 Å². The second-order valence-corrected chi connectivity index (χ2v) is 5.83. The van der Waals surface area contributed by atoms with Gasteiger partial charge in [-0.15, -0.1) is 0 Å². The van der Waals surface area contributed by atoms with E-state index in [0.29, 0.717) is 18.9 Å². The average Bonchev–Trinajstić information content (AvgIpc) is 2.41. The third-order valence-corrected chi connectivity index (χ3v) is 4.04. The topological polar surface area (TPSA) is 81.7 Å². The largest absolute Gasteiger partial charge is 0.480 e. The summed E-state index contributed by atoms with van der Waals surface area (Å²) in [5, 5.41) is 14.5. The van der Waals surface area contributed by atoms with Gasteiger partial charge in [-0.3, -0.25) is 0 Å². The molecule has 0 aromatic rings. The molecule has 0 aromatic heterocycles. The van der Waals surface area contributed by atoms with Gasteiger partial charge in [-0.25, -0.2) is 9.59 Å². The molecule has 0 radical (unpaired) electrons. The SMILES string of the molecule is CC[C@H](C)[C@H](NC(=O)NCC1CCCN(C)C1)C(=O)O. The molecule has 3 atom stereocenters. The molecule has 6 nitrogen and oxygen atoms in total. The molecular formula is C14H27N3O3. The first-order valence-corrected chi connectivity index (χ1v) is 7.39. The standard InChI is InChI=1S/C14H27N3O3/c1-4-10(2)12(13(18)19)16-14(20)15-8-11-6-5-7-17(3)9-11/h10-12H,4-9H2,1-3H3,(H,18,19)(H2,15,16,20)/t10-,11?,12-/m0/s1. The summed E-state index contributed by atoms with van der Waals surface area (Å²) in [7, 11) is 2.08. The van der Waals surface area contributed by atoms with E-state index in [1.807, 2.05) is 13.8 Å². The van der Waals surface area contributed by atoms with Crippen LogP contribution in [0.15, 0.2) is 0 Å². The lowest BCUT2D eigenvalue weighted by molar-refractivity contribution is -0.140. The van der Waals surface area contributed by atoms with Gasteiger partial charge in [-0.2, -0.15) is 0 Å². The number of rotatable bonds is 6.